The number of rotatable bonds is 12. The lowest BCUT2D eigenvalue weighted by Gasteiger charge is -2.12. The van der Waals surface area contributed by atoms with Gasteiger partial charge in [-0.1, -0.05) is 18.2 Å². The van der Waals surface area contributed by atoms with Crippen LogP contribution < -0.4 is 20.2 Å². The fraction of sp³-hybridized carbons (Fsp3) is 0.179. The summed E-state index contributed by atoms with van der Waals surface area (Å²) in [7, 11) is 0. The van der Waals surface area contributed by atoms with Gasteiger partial charge < -0.3 is 14.8 Å². The first-order valence-corrected chi connectivity index (χ1v) is 13.3. The number of ether oxygens (including phenoxy) is 2. The Morgan fingerprint density at radius 1 is 1.10 bits per heavy atom. The second kappa shape index (κ2) is 13.6. The Bertz CT molecular complexity index is 1590. The molecule has 42 heavy (non-hydrogen) atoms. The number of thiazole rings is 1. The molecule has 4 rings (SSSR count). The molecule has 0 aliphatic carbocycles. The van der Waals surface area contributed by atoms with Gasteiger partial charge in [-0.15, -0.1) is 11.3 Å². The van der Waals surface area contributed by atoms with E-state index in [2.05, 4.69) is 20.8 Å². The van der Waals surface area contributed by atoms with Crippen molar-refractivity contribution in [3.8, 4) is 11.5 Å². The number of benzene rings is 3. The van der Waals surface area contributed by atoms with Gasteiger partial charge in [0, 0.05) is 23.2 Å². The monoisotopic (exact) mass is 599 g/mol. The molecule has 0 saturated carbocycles. The molecule has 0 aliphatic rings. The smallest absolute Gasteiger partial charge is 0.416 e. The van der Waals surface area contributed by atoms with Crippen LogP contribution >= 0.6 is 11.3 Å². The van der Waals surface area contributed by atoms with Gasteiger partial charge in [-0.05, 0) is 54.4 Å². The van der Waals surface area contributed by atoms with Crippen LogP contribution in [0.15, 0.2) is 77.2 Å². The van der Waals surface area contributed by atoms with E-state index < -0.39 is 22.6 Å². The number of non-ortho nitro benzene ring substituents is 1. The van der Waals surface area contributed by atoms with E-state index in [9.17, 15) is 28.1 Å². The van der Waals surface area contributed by atoms with Gasteiger partial charge >= 0.3 is 6.18 Å². The molecular weight excluding hydrogens is 575 g/mol. The van der Waals surface area contributed by atoms with E-state index in [4.69, 9.17) is 9.47 Å². The lowest BCUT2D eigenvalue weighted by molar-refractivity contribution is -0.384. The Kier molecular flexibility index (Phi) is 9.70. The van der Waals surface area contributed by atoms with E-state index in [1.807, 2.05) is 6.92 Å². The van der Waals surface area contributed by atoms with E-state index >= 15 is 0 Å². The second-order valence-electron chi connectivity index (χ2n) is 8.67. The molecule has 0 saturated heterocycles. The summed E-state index contributed by atoms with van der Waals surface area (Å²) in [5.41, 5.74) is 3.49. The number of nitrogens with zero attached hydrogens (tertiary/aromatic N) is 3. The second-order valence-corrected chi connectivity index (χ2v) is 9.53. The maximum Gasteiger partial charge on any atom is 0.416 e. The van der Waals surface area contributed by atoms with E-state index in [1.165, 1.54) is 30.5 Å². The highest BCUT2D eigenvalue weighted by molar-refractivity contribution is 7.13. The van der Waals surface area contributed by atoms with Crippen molar-refractivity contribution in [2.45, 2.75) is 26.1 Å². The number of aromatic nitrogens is 1. The summed E-state index contributed by atoms with van der Waals surface area (Å²) in [6.07, 6.45) is -3.13. The van der Waals surface area contributed by atoms with Gasteiger partial charge in [0.15, 0.2) is 16.6 Å². The van der Waals surface area contributed by atoms with Crippen molar-refractivity contribution in [3.63, 3.8) is 0 Å². The van der Waals surface area contributed by atoms with Gasteiger partial charge in [0.25, 0.3) is 5.69 Å². The zero-order chi connectivity index (χ0) is 30.1. The molecular formula is C28H24F3N5O5S. The minimum absolute atomic E-state index is 0.0308. The van der Waals surface area contributed by atoms with E-state index in [0.717, 1.165) is 23.5 Å². The molecule has 4 aromatic rings. The molecule has 3 aromatic carbocycles. The van der Waals surface area contributed by atoms with Crippen LogP contribution in [0.4, 0.5) is 29.7 Å². The molecule has 0 unspecified atom stereocenters. The Hall–Kier alpha value is -4.98. The summed E-state index contributed by atoms with van der Waals surface area (Å²) < 4.78 is 50.3. The summed E-state index contributed by atoms with van der Waals surface area (Å²) in [6, 6.07) is 15.9. The maximum absolute atomic E-state index is 12.9. The number of amides is 1. The number of anilines is 2. The predicted molar refractivity (Wildman–Crippen MR) is 151 cm³/mol. The zero-order valence-electron chi connectivity index (χ0n) is 22.1. The maximum atomic E-state index is 12.9. The number of carbonyl (C=O) groups is 1. The third-order valence-corrected chi connectivity index (χ3v) is 6.33. The molecule has 0 aliphatic heterocycles. The number of carbonyl (C=O) groups excluding carboxylic acids is 1. The molecule has 1 amide bonds. The summed E-state index contributed by atoms with van der Waals surface area (Å²) in [5, 5.41) is 19.7. The lowest BCUT2D eigenvalue weighted by atomic mass is 10.2. The first-order valence-electron chi connectivity index (χ1n) is 12.4. The normalized spacial score (nSPS) is 11.3. The number of hydrogen-bond donors (Lipinski definition) is 2. The Balaban J connectivity index is 1.31. The Morgan fingerprint density at radius 2 is 1.90 bits per heavy atom. The molecule has 1 aromatic heterocycles. The average molecular weight is 600 g/mol. The topological polar surface area (TPSA) is 128 Å². The van der Waals surface area contributed by atoms with Crippen molar-refractivity contribution >= 4 is 40.0 Å². The van der Waals surface area contributed by atoms with Crippen LogP contribution in [0.25, 0.3) is 0 Å². The number of hydrogen-bond acceptors (Lipinski definition) is 9. The minimum atomic E-state index is -4.46. The molecule has 0 spiro atoms. The zero-order valence-corrected chi connectivity index (χ0v) is 22.9. The molecule has 2 N–H and O–H groups in total. The third-order valence-electron chi connectivity index (χ3n) is 5.52. The van der Waals surface area contributed by atoms with Crippen LogP contribution in [0.1, 0.15) is 29.3 Å². The van der Waals surface area contributed by atoms with Crippen molar-refractivity contribution in [1.82, 2.24) is 10.4 Å². The molecule has 1 heterocycles. The summed E-state index contributed by atoms with van der Waals surface area (Å²) >= 11 is 1.15. The van der Waals surface area contributed by atoms with Crippen molar-refractivity contribution in [3.05, 3.63) is 105 Å². The standard InChI is InChI=1S/C28H24F3N5O5S/c1-2-40-25-12-18(9-10-24(25)41-16-19-5-3-8-23(11-19)36(38)39)15-32-35-26(37)14-22-17-42-27(34-22)33-21-7-4-6-20(13-21)28(29,30)31/h3-13,15,17H,2,14,16H2,1H3,(H,33,34)(H,35,37)/b32-15-. The highest BCUT2D eigenvalue weighted by Crippen LogP contribution is 2.32. The molecule has 10 nitrogen and oxygen atoms in total. The summed E-state index contributed by atoms with van der Waals surface area (Å²) in [6.45, 7) is 2.27. The number of nitro groups is 1. The number of hydrazone groups is 1. The van der Waals surface area contributed by atoms with Crippen molar-refractivity contribution < 1.29 is 32.4 Å². The number of nitrogens with one attached hydrogen (secondary N) is 2. The van der Waals surface area contributed by atoms with Crippen molar-refractivity contribution in [2.75, 3.05) is 11.9 Å². The van der Waals surface area contributed by atoms with Crippen LogP contribution in [0, 0.1) is 10.1 Å². The quantitative estimate of drug-likeness (QED) is 0.108. The first kappa shape index (κ1) is 30.0. The molecule has 14 heteroatoms. The van der Waals surface area contributed by atoms with E-state index in [1.54, 1.807) is 35.7 Å². The van der Waals surface area contributed by atoms with E-state index in [0.29, 0.717) is 40.1 Å². The molecule has 218 valence electrons. The Morgan fingerprint density at radius 3 is 2.67 bits per heavy atom. The van der Waals surface area contributed by atoms with Gasteiger partial charge in [-0.25, -0.2) is 10.4 Å². The van der Waals surface area contributed by atoms with Crippen molar-refractivity contribution in [2.24, 2.45) is 5.10 Å². The molecule has 0 bridgehead atoms. The minimum Gasteiger partial charge on any atom is -0.490 e. The summed E-state index contributed by atoms with van der Waals surface area (Å²) in [4.78, 5) is 27.1. The SMILES string of the molecule is CCOc1cc(/C=N\NC(=O)Cc2csc(Nc3cccc(C(F)(F)F)c3)n2)ccc1OCc1cccc([N+](=O)[O-])c1. The Labute approximate surface area is 242 Å². The van der Waals surface area contributed by atoms with Gasteiger partial charge in [0.2, 0.25) is 5.91 Å². The van der Waals surface area contributed by atoms with Crippen LogP contribution in [-0.2, 0) is 24.0 Å². The fourth-order valence-corrected chi connectivity index (χ4v) is 4.37. The van der Waals surface area contributed by atoms with Gasteiger partial charge in [-0.2, -0.15) is 18.3 Å². The molecule has 0 atom stereocenters. The lowest BCUT2D eigenvalue weighted by Crippen LogP contribution is -2.19. The average Bonchev–Trinajstić information content (AvgIpc) is 3.38. The van der Waals surface area contributed by atoms with Crippen LogP contribution in [0.5, 0.6) is 11.5 Å². The number of halogens is 3. The highest BCUT2D eigenvalue weighted by Gasteiger charge is 2.30. The van der Waals surface area contributed by atoms with Crippen molar-refractivity contribution in [1.29, 1.82) is 0 Å². The highest BCUT2D eigenvalue weighted by atomic mass is 32.1. The summed E-state index contributed by atoms with van der Waals surface area (Å²) in [5.74, 6) is 0.424. The van der Waals surface area contributed by atoms with Gasteiger partial charge in [0.05, 0.1) is 35.4 Å². The largest absolute Gasteiger partial charge is 0.490 e. The molecule has 0 radical (unpaired) electrons. The van der Waals surface area contributed by atoms with Gasteiger partial charge in [-0.3, -0.25) is 14.9 Å². The third kappa shape index (κ3) is 8.51. The first-order chi connectivity index (χ1) is 20.1. The van der Waals surface area contributed by atoms with Crippen LogP contribution in [-0.4, -0.2) is 28.6 Å². The predicted octanol–water partition coefficient (Wildman–Crippen LogP) is 6.48. The van der Waals surface area contributed by atoms with E-state index in [-0.39, 0.29) is 24.4 Å². The number of nitro benzene ring substituents is 1. The molecule has 0 fully saturated rings. The van der Waals surface area contributed by atoms with Crippen LogP contribution in [0.3, 0.4) is 0 Å². The van der Waals surface area contributed by atoms with Gasteiger partial charge in [0.1, 0.15) is 6.61 Å². The van der Waals surface area contributed by atoms with Crippen LogP contribution in [0.2, 0.25) is 0 Å². The fourth-order valence-electron chi connectivity index (χ4n) is 3.64. The number of alkyl halides is 3.